The average Bonchev–Trinajstić information content (AvgIpc) is 3.18. The van der Waals surface area contributed by atoms with Crippen LogP contribution in [0.15, 0.2) is 38.9 Å². The number of hydrogen-bond acceptors (Lipinski definition) is 5. The molecule has 1 aromatic rings. The van der Waals surface area contributed by atoms with Gasteiger partial charge in [-0.2, -0.15) is 0 Å². The molecule has 2 rings (SSSR count). The van der Waals surface area contributed by atoms with E-state index in [0.717, 1.165) is 24.2 Å². The summed E-state index contributed by atoms with van der Waals surface area (Å²) in [5, 5.41) is 18.1. The summed E-state index contributed by atoms with van der Waals surface area (Å²) in [5.74, 6) is 0.287. The molecule has 1 unspecified atom stereocenters. The Hall–Kier alpha value is -0.650. The smallest absolute Gasteiger partial charge is 0.191 e. The van der Waals surface area contributed by atoms with E-state index in [-0.39, 0.29) is 40.5 Å². The zero-order chi connectivity index (χ0) is 16.7. The summed E-state index contributed by atoms with van der Waals surface area (Å²) in [7, 11) is -3.45. The molecule has 136 valence electrons. The predicted octanol–water partition coefficient (Wildman–Crippen LogP) is 1.77. The average molecular weight is 485 g/mol. The number of aliphatic hydroxyl groups is 1. The normalized spacial score (nSPS) is 16.7. The Morgan fingerprint density at radius 2 is 2.17 bits per heavy atom. The Bertz CT molecular complexity index is 637. The number of guanidine groups is 1. The Kier molecular flexibility index (Phi) is 9.24. The molecule has 0 aliphatic heterocycles. The summed E-state index contributed by atoms with van der Waals surface area (Å²) >= 11 is 1.16. The first-order valence-electron chi connectivity index (χ1n) is 7.65. The Labute approximate surface area is 164 Å². The fourth-order valence-electron chi connectivity index (χ4n) is 2.27. The van der Waals surface area contributed by atoms with Crippen LogP contribution in [0.5, 0.6) is 0 Å². The van der Waals surface area contributed by atoms with Gasteiger partial charge in [0.1, 0.15) is 4.21 Å². The van der Waals surface area contributed by atoms with Crippen LogP contribution in [0.25, 0.3) is 0 Å². The lowest BCUT2D eigenvalue weighted by Crippen LogP contribution is -2.43. The van der Waals surface area contributed by atoms with Crippen molar-refractivity contribution in [3.05, 3.63) is 29.7 Å². The van der Waals surface area contributed by atoms with Crippen LogP contribution in [0.3, 0.4) is 0 Å². The Balaban J connectivity index is 0.00000288. The van der Waals surface area contributed by atoms with E-state index in [2.05, 4.69) is 27.8 Å². The van der Waals surface area contributed by atoms with Crippen LogP contribution in [0.2, 0.25) is 0 Å². The van der Waals surface area contributed by atoms with E-state index in [9.17, 15) is 13.5 Å². The predicted molar refractivity (Wildman–Crippen MR) is 109 cm³/mol. The first-order chi connectivity index (χ1) is 11.0. The number of halogens is 1. The van der Waals surface area contributed by atoms with Crippen LogP contribution in [-0.2, 0) is 9.84 Å². The largest absolute Gasteiger partial charge is 0.390 e. The lowest BCUT2D eigenvalue weighted by Gasteiger charge is -2.17. The third kappa shape index (κ3) is 6.69. The number of hydrogen-bond donors (Lipinski definition) is 3. The molecule has 0 saturated carbocycles. The molecule has 0 fully saturated rings. The number of sulfone groups is 1. The van der Waals surface area contributed by atoms with Gasteiger partial charge in [0, 0.05) is 12.6 Å². The van der Waals surface area contributed by atoms with Gasteiger partial charge in [0.25, 0.3) is 0 Å². The summed E-state index contributed by atoms with van der Waals surface area (Å²) in [6.45, 7) is 2.71. The van der Waals surface area contributed by atoms with Crippen LogP contribution >= 0.6 is 35.3 Å². The molecule has 0 spiro atoms. The van der Waals surface area contributed by atoms with Crippen LogP contribution in [-0.4, -0.2) is 50.5 Å². The van der Waals surface area contributed by atoms with Crippen molar-refractivity contribution in [3.8, 4) is 0 Å². The number of rotatable bonds is 7. The van der Waals surface area contributed by atoms with Gasteiger partial charge in [-0.25, -0.2) is 8.42 Å². The Morgan fingerprint density at radius 1 is 1.46 bits per heavy atom. The molecular formula is C15H24IN3O3S2. The van der Waals surface area contributed by atoms with Crippen molar-refractivity contribution in [1.29, 1.82) is 0 Å². The second kappa shape index (κ2) is 10.4. The van der Waals surface area contributed by atoms with Gasteiger partial charge in [0.2, 0.25) is 0 Å². The van der Waals surface area contributed by atoms with Crippen molar-refractivity contribution in [3.63, 3.8) is 0 Å². The lowest BCUT2D eigenvalue weighted by atomic mass is 10.2. The lowest BCUT2D eigenvalue weighted by molar-refractivity contribution is 0.206. The highest BCUT2D eigenvalue weighted by molar-refractivity contribution is 14.0. The van der Waals surface area contributed by atoms with Crippen molar-refractivity contribution >= 4 is 51.1 Å². The maximum atomic E-state index is 12.1. The van der Waals surface area contributed by atoms with E-state index in [1.807, 2.05) is 6.92 Å². The van der Waals surface area contributed by atoms with Gasteiger partial charge in [-0.15, -0.1) is 35.3 Å². The first kappa shape index (κ1) is 21.4. The minimum absolute atomic E-state index is 0. The molecule has 0 saturated heterocycles. The number of nitrogens with one attached hydrogen (secondary N) is 2. The fourth-order valence-corrected chi connectivity index (χ4v) is 4.74. The van der Waals surface area contributed by atoms with Gasteiger partial charge >= 0.3 is 0 Å². The van der Waals surface area contributed by atoms with E-state index >= 15 is 0 Å². The monoisotopic (exact) mass is 485 g/mol. The zero-order valence-corrected chi connectivity index (χ0v) is 17.5. The van der Waals surface area contributed by atoms with Crippen molar-refractivity contribution in [2.24, 2.45) is 4.99 Å². The summed E-state index contributed by atoms with van der Waals surface area (Å²) in [5.41, 5.74) is 0. The maximum Gasteiger partial charge on any atom is 0.191 e. The van der Waals surface area contributed by atoms with Crippen molar-refractivity contribution < 1.29 is 13.5 Å². The van der Waals surface area contributed by atoms with Crippen LogP contribution < -0.4 is 10.6 Å². The van der Waals surface area contributed by atoms with Crippen LogP contribution in [0, 0.1) is 0 Å². The SMILES string of the molecule is CCNC(=NCC(O)CS(=O)(=O)c1cccs1)NC1CC=CC1.I. The number of aliphatic imine (C=N–C) groups is 1. The first-order valence-corrected chi connectivity index (χ1v) is 10.2. The molecule has 0 radical (unpaired) electrons. The van der Waals surface area contributed by atoms with Gasteiger partial charge in [-0.3, -0.25) is 4.99 Å². The number of thiophene rings is 1. The molecule has 1 atom stereocenters. The maximum absolute atomic E-state index is 12.1. The summed E-state index contributed by atoms with van der Waals surface area (Å²) in [6.07, 6.45) is 5.09. The molecule has 0 bridgehead atoms. The third-order valence-electron chi connectivity index (χ3n) is 3.37. The van der Waals surface area contributed by atoms with E-state index in [4.69, 9.17) is 0 Å². The molecule has 1 heterocycles. The number of aliphatic hydroxyl groups excluding tert-OH is 1. The van der Waals surface area contributed by atoms with Gasteiger partial charge in [-0.1, -0.05) is 18.2 Å². The molecular weight excluding hydrogens is 461 g/mol. The van der Waals surface area contributed by atoms with Gasteiger partial charge in [-0.05, 0) is 31.2 Å². The minimum atomic E-state index is -3.45. The fraction of sp³-hybridized carbons (Fsp3) is 0.533. The summed E-state index contributed by atoms with van der Waals surface area (Å²) < 4.78 is 24.5. The highest BCUT2D eigenvalue weighted by atomic mass is 127. The molecule has 0 aromatic carbocycles. The van der Waals surface area contributed by atoms with Crippen molar-refractivity contribution in [1.82, 2.24) is 10.6 Å². The van der Waals surface area contributed by atoms with Gasteiger partial charge in [0.05, 0.1) is 18.4 Å². The van der Waals surface area contributed by atoms with Crippen molar-refractivity contribution in [2.75, 3.05) is 18.8 Å². The van der Waals surface area contributed by atoms with Crippen LogP contribution in [0.4, 0.5) is 0 Å². The second-order valence-electron chi connectivity index (χ2n) is 5.37. The zero-order valence-electron chi connectivity index (χ0n) is 13.5. The highest BCUT2D eigenvalue weighted by Crippen LogP contribution is 2.18. The highest BCUT2D eigenvalue weighted by Gasteiger charge is 2.21. The van der Waals surface area contributed by atoms with Gasteiger partial charge in [0.15, 0.2) is 15.8 Å². The second-order valence-corrected chi connectivity index (χ2v) is 8.58. The number of nitrogens with zero attached hydrogens (tertiary/aromatic N) is 1. The molecule has 1 aliphatic carbocycles. The molecule has 0 amide bonds. The summed E-state index contributed by atoms with van der Waals surface area (Å²) in [4.78, 5) is 4.30. The third-order valence-corrected chi connectivity index (χ3v) is 6.65. The van der Waals surface area contributed by atoms with E-state index in [1.54, 1.807) is 17.5 Å². The standard InChI is InChI=1S/C15H23N3O3S2.HI/c1-2-16-15(18-12-6-3-4-7-12)17-10-13(19)11-23(20,21)14-8-5-9-22-14;/h3-5,8-9,12-13,19H,2,6-7,10-11H2,1H3,(H2,16,17,18);1H. The topological polar surface area (TPSA) is 90.8 Å². The minimum Gasteiger partial charge on any atom is -0.390 e. The van der Waals surface area contributed by atoms with Crippen LogP contribution in [0.1, 0.15) is 19.8 Å². The molecule has 1 aliphatic rings. The van der Waals surface area contributed by atoms with E-state index in [0.29, 0.717) is 18.5 Å². The molecule has 6 nitrogen and oxygen atoms in total. The molecule has 24 heavy (non-hydrogen) atoms. The summed E-state index contributed by atoms with van der Waals surface area (Å²) in [6, 6.07) is 3.54. The molecule has 3 N–H and O–H groups in total. The van der Waals surface area contributed by atoms with E-state index < -0.39 is 15.9 Å². The quantitative estimate of drug-likeness (QED) is 0.237. The van der Waals surface area contributed by atoms with Crippen molar-refractivity contribution in [2.45, 2.75) is 36.1 Å². The molecule has 9 heteroatoms. The molecule has 1 aromatic heterocycles. The Morgan fingerprint density at radius 3 is 2.75 bits per heavy atom. The van der Waals surface area contributed by atoms with E-state index in [1.165, 1.54) is 0 Å². The van der Waals surface area contributed by atoms with Gasteiger partial charge < -0.3 is 15.7 Å².